The van der Waals surface area contributed by atoms with Gasteiger partial charge in [0.1, 0.15) is 0 Å². The fourth-order valence-corrected chi connectivity index (χ4v) is 1.35. The minimum absolute atomic E-state index is 0.0479. The SMILES string of the molecule is COCCNC(=O)CN(C)C(=O)C(S)C(C)C. The molecular formula is C11H22N2O3S. The molecule has 0 bridgehead atoms. The first kappa shape index (κ1) is 16.2. The maximum absolute atomic E-state index is 11.8. The number of nitrogens with one attached hydrogen (secondary N) is 1. The molecule has 0 aliphatic rings. The van der Waals surface area contributed by atoms with Crippen LogP contribution in [0, 0.1) is 5.92 Å². The monoisotopic (exact) mass is 262 g/mol. The second-order valence-electron chi connectivity index (χ2n) is 4.23. The molecule has 100 valence electrons. The summed E-state index contributed by atoms with van der Waals surface area (Å²) in [4.78, 5) is 24.6. The van der Waals surface area contributed by atoms with Gasteiger partial charge in [-0.3, -0.25) is 9.59 Å². The number of likely N-dealkylation sites (N-methyl/N-ethyl adjacent to an activating group) is 1. The summed E-state index contributed by atoms with van der Waals surface area (Å²) in [5.41, 5.74) is 0. The van der Waals surface area contributed by atoms with E-state index in [4.69, 9.17) is 4.74 Å². The number of carbonyl (C=O) groups is 2. The van der Waals surface area contributed by atoms with Crippen LogP contribution in [0.4, 0.5) is 0 Å². The van der Waals surface area contributed by atoms with Gasteiger partial charge in [-0.2, -0.15) is 12.6 Å². The Morgan fingerprint density at radius 1 is 1.41 bits per heavy atom. The van der Waals surface area contributed by atoms with Gasteiger partial charge in [0.2, 0.25) is 11.8 Å². The van der Waals surface area contributed by atoms with E-state index in [1.165, 1.54) is 4.90 Å². The summed E-state index contributed by atoms with van der Waals surface area (Å²) in [7, 11) is 3.17. The van der Waals surface area contributed by atoms with E-state index in [-0.39, 0.29) is 29.5 Å². The summed E-state index contributed by atoms with van der Waals surface area (Å²) >= 11 is 4.22. The Kier molecular flexibility index (Phi) is 7.99. The van der Waals surface area contributed by atoms with Crippen molar-refractivity contribution in [2.75, 3.05) is 33.9 Å². The highest BCUT2D eigenvalue weighted by Gasteiger charge is 2.22. The number of rotatable bonds is 7. The largest absolute Gasteiger partial charge is 0.383 e. The smallest absolute Gasteiger partial charge is 0.239 e. The van der Waals surface area contributed by atoms with Gasteiger partial charge < -0.3 is 15.0 Å². The summed E-state index contributed by atoms with van der Waals surface area (Å²) in [6.07, 6.45) is 0. The van der Waals surface area contributed by atoms with Crippen LogP contribution in [-0.2, 0) is 14.3 Å². The molecule has 0 aromatic carbocycles. The van der Waals surface area contributed by atoms with E-state index in [0.717, 1.165) is 0 Å². The summed E-state index contributed by atoms with van der Waals surface area (Å²) < 4.78 is 4.81. The van der Waals surface area contributed by atoms with Crippen molar-refractivity contribution in [3.8, 4) is 0 Å². The van der Waals surface area contributed by atoms with Crippen LogP contribution >= 0.6 is 12.6 Å². The second kappa shape index (κ2) is 8.36. The number of carbonyl (C=O) groups excluding carboxylic acids is 2. The van der Waals surface area contributed by atoms with Crippen LogP contribution in [0.25, 0.3) is 0 Å². The van der Waals surface area contributed by atoms with Gasteiger partial charge in [0, 0.05) is 20.7 Å². The van der Waals surface area contributed by atoms with Crippen LogP contribution in [0.3, 0.4) is 0 Å². The van der Waals surface area contributed by atoms with Crippen LogP contribution in [0.5, 0.6) is 0 Å². The fraction of sp³-hybridized carbons (Fsp3) is 0.818. The number of thiol groups is 1. The topological polar surface area (TPSA) is 58.6 Å². The van der Waals surface area contributed by atoms with E-state index in [2.05, 4.69) is 17.9 Å². The Labute approximate surface area is 108 Å². The lowest BCUT2D eigenvalue weighted by molar-refractivity contribution is -0.134. The van der Waals surface area contributed by atoms with Crippen LogP contribution in [0.1, 0.15) is 13.8 Å². The molecule has 0 aromatic rings. The van der Waals surface area contributed by atoms with E-state index in [1.54, 1.807) is 14.2 Å². The molecule has 0 spiro atoms. The highest BCUT2D eigenvalue weighted by Crippen LogP contribution is 2.11. The Morgan fingerprint density at radius 2 is 2.00 bits per heavy atom. The molecule has 17 heavy (non-hydrogen) atoms. The molecular weight excluding hydrogens is 240 g/mol. The Hall–Kier alpha value is -0.750. The third-order valence-electron chi connectivity index (χ3n) is 2.27. The van der Waals surface area contributed by atoms with Gasteiger partial charge in [-0.05, 0) is 5.92 Å². The van der Waals surface area contributed by atoms with Gasteiger partial charge in [0.15, 0.2) is 0 Å². The molecule has 0 saturated carbocycles. The maximum Gasteiger partial charge on any atom is 0.239 e. The lowest BCUT2D eigenvalue weighted by Crippen LogP contribution is -2.43. The van der Waals surface area contributed by atoms with Crippen molar-refractivity contribution >= 4 is 24.4 Å². The van der Waals surface area contributed by atoms with Crippen molar-refractivity contribution in [2.24, 2.45) is 5.92 Å². The minimum Gasteiger partial charge on any atom is -0.383 e. The lowest BCUT2D eigenvalue weighted by atomic mass is 10.1. The Morgan fingerprint density at radius 3 is 2.47 bits per heavy atom. The highest BCUT2D eigenvalue weighted by molar-refractivity contribution is 7.81. The van der Waals surface area contributed by atoms with Crippen molar-refractivity contribution < 1.29 is 14.3 Å². The highest BCUT2D eigenvalue weighted by atomic mass is 32.1. The number of amides is 2. The lowest BCUT2D eigenvalue weighted by Gasteiger charge is -2.22. The average molecular weight is 262 g/mol. The van der Waals surface area contributed by atoms with E-state index >= 15 is 0 Å². The summed E-state index contributed by atoms with van der Waals surface area (Å²) in [6.45, 7) is 4.80. The molecule has 0 aromatic heterocycles. The van der Waals surface area contributed by atoms with Gasteiger partial charge in [0.25, 0.3) is 0 Å². The van der Waals surface area contributed by atoms with Crippen molar-refractivity contribution in [3.05, 3.63) is 0 Å². The first-order chi connectivity index (χ1) is 7.90. The Balaban J connectivity index is 4.03. The zero-order chi connectivity index (χ0) is 13.4. The van der Waals surface area contributed by atoms with E-state index in [1.807, 2.05) is 13.8 Å². The number of nitrogens with zero attached hydrogens (tertiary/aromatic N) is 1. The molecule has 2 amide bonds. The van der Waals surface area contributed by atoms with Gasteiger partial charge in [-0.15, -0.1) is 0 Å². The third-order valence-corrected chi connectivity index (χ3v) is 3.09. The molecule has 0 aliphatic carbocycles. The molecule has 0 fully saturated rings. The predicted molar refractivity (Wildman–Crippen MR) is 70.1 cm³/mol. The van der Waals surface area contributed by atoms with E-state index in [9.17, 15) is 9.59 Å². The molecule has 1 atom stereocenters. The first-order valence-electron chi connectivity index (χ1n) is 5.58. The first-order valence-corrected chi connectivity index (χ1v) is 6.10. The predicted octanol–water partition coefficient (Wildman–Crippen LogP) is 0.162. The molecule has 0 saturated heterocycles. The number of hydrogen-bond donors (Lipinski definition) is 2. The zero-order valence-corrected chi connectivity index (χ0v) is 11.8. The number of ether oxygens (including phenoxy) is 1. The molecule has 0 aliphatic heterocycles. The van der Waals surface area contributed by atoms with Crippen LogP contribution in [0.2, 0.25) is 0 Å². The summed E-state index contributed by atoms with van der Waals surface area (Å²) in [5, 5.41) is 2.29. The van der Waals surface area contributed by atoms with Gasteiger partial charge in [-0.1, -0.05) is 13.8 Å². The van der Waals surface area contributed by atoms with Crippen molar-refractivity contribution in [1.29, 1.82) is 0 Å². The van der Waals surface area contributed by atoms with E-state index < -0.39 is 0 Å². The van der Waals surface area contributed by atoms with Gasteiger partial charge in [-0.25, -0.2) is 0 Å². The van der Waals surface area contributed by atoms with Crippen LogP contribution in [-0.4, -0.2) is 55.8 Å². The zero-order valence-electron chi connectivity index (χ0n) is 10.9. The number of hydrogen-bond acceptors (Lipinski definition) is 4. The Bertz CT molecular complexity index is 259. The molecule has 5 nitrogen and oxygen atoms in total. The minimum atomic E-state index is -0.369. The standard InChI is InChI=1S/C11H22N2O3S/c1-8(2)10(17)11(15)13(3)7-9(14)12-5-6-16-4/h8,10,17H,5-7H2,1-4H3,(H,12,14). The molecule has 6 heteroatoms. The normalized spacial score (nSPS) is 12.4. The van der Waals surface area contributed by atoms with Crippen LogP contribution < -0.4 is 5.32 Å². The summed E-state index contributed by atoms with van der Waals surface area (Å²) in [6, 6.07) is 0. The molecule has 1 N–H and O–H groups in total. The molecule has 0 radical (unpaired) electrons. The van der Waals surface area contributed by atoms with Gasteiger partial charge >= 0.3 is 0 Å². The summed E-state index contributed by atoms with van der Waals surface area (Å²) in [5.74, 6) is -0.183. The molecule has 0 heterocycles. The fourth-order valence-electron chi connectivity index (χ4n) is 1.15. The quantitative estimate of drug-likeness (QED) is 0.508. The third kappa shape index (κ3) is 6.53. The van der Waals surface area contributed by atoms with Crippen LogP contribution in [0.15, 0.2) is 0 Å². The van der Waals surface area contributed by atoms with Gasteiger partial charge in [0.05, 0.1) is 18.4 Å². The number of methoxy groups -OCH3 is 1. The van der Waals surface area contributed by atoms with Crippen molar-refractivity contribution in [1.82, 2.24) is 10.2 Å². The van der Waals surface area contributed by atoms with Crippen molar-refractivity contribution in [2.45, 2.75) is 19.1 Å². The molecule has 1 unspecified atom stereocenters. The van der Waals surface area contributed by atoms with E-state index in [0.29, 0.717) is 13.2 Å². The second-order valence-corrected chi connectivity index (χ2v) is 4.78. The average Bonchev–Trinajstić information content (AvgIpc) is 2.27. The molecule has 0 rings (SSSR count). The van der Waals surface area contributed by atoms with Crippen molar-refractivity contribution in [3.63, 3.8) is 0 Å². The maximum atomic E-state index is 11.8.